The molecule has 1 aliphatic heterocycles. The second-order valence-corrected chi connectivity index (χ2v) is 14.2. The lowest BCUT2D eigenvalue weighted by Gasteiger charge is -2.32. The number of halogens is 10. The van der Waals surface area contributed by atoms with E-state index in [0.29, 0.717) is 24.1 Å². The van der Waals surface area contributed by atoms with Gasteiger partial charge >= 0.3 is 42.5 Å². The molecule has 25 heteroatoms. The molecule has 0 spiro atoms. The summed E-state index contributed by atoms with van der Waals surface area (Å²) in [5, 5.41) is 32.2. The number of likely N-dealkylation sites (N-methyl/N-ethyl adjacent to an activating group) is 1. The number of urea groups is 1. The molecule has 0 saturated carbocycles. The summed E-state index contributed by atoms with van der Waals surface area (Å²) in [7, 11) is 2.18. The van der Waals surface area contributed by atoms with Crippen LogP contribution >= 0.6 is 22.9 Å². The number of alkyl halides is 9. The van der Waals surface area contributed by atoms with E-state index in [1.54, 1.807) is 17.5 Å². The van der Waals surface area contributed by atoms with Gasteiger partial charge in [0.25, 0.3) is 0 Å². The third kappa shape index (κ3) is 19.6. The Morgan fingerprint density at radius 1 is 0.770 bits per heavy atom. The summed E-state index contributed by atoms with van der Waals surface area (Å²) in [4.78, 5) is 54.0. The quantitative estimate of drug-likeness (QED) is 0.0689. The number of piperazine rings is 1. The smallest absolute Gasteiger partial charge is 0.475 e. The minimum atomic E-state index is -5.08. The van der Waals surface area contributed by atoms with Gasteiger partial charge in [-0.3, -0.25) is 0 Å². The Morgan fingerprint density at radius 2 is 1.26 bits per heavy atom. The standard InChI is InChI=1S/C30H36ClN7OS.3C2HF3O2/c1-21-4-6-22(7-5-21)18-34-30(39)35-19-23-8-9-24-17-27(40-26(24)16-23)28-25(31)20-33-29(36-28)32-10-3-11-38-14-12-37(2)13-15-38;3*3-2(4,5)1(6)7/h4-9,16-17,20H,3,10-15,18-19H2,1-2H3,(H,32,33,36)(H2,34,35,39);3*(H,6,7). The Hall–Kier alpha value is -5.46. The molecule has 0 unspecified atom stereocenters. The van der Waals surface area contributed by atoms with E-state index in [0.717, 1.165) is 77.5 Å². The Morgan fingerprint density at radius 3 is 1.77 bits per heavy atom. The number of rotatable bonds is 10. The predicted octanol–water partition coefficient (Wildman–Crippen LogP) is 7.27. The highest BCUT2D eigenvalue weighted by atomic mass is 35.5. The number of fused-ring (bicyclic) bond motifs is 1. The highest BCUT2D eigenvalue weighted by Gasteiger charge is 2.39. The number of hydrogen-bond donors (Lipinski definition) is 6. The minimum absolute atomic E-state index is 0.191. The lowest BCUT2D eigenvalue weighted by molar-refractivity contribution is -0.193. The van der Waals surface area contributed by atoms with E-state index in [1.165, 1.54) is 5.56 Å². The zero-order valence-electron chi connectivity index (χ0n) is 32.0. The molecule has 0 bridgehead atoms. The summed E-state index contributed by atoms with van der Waals surface area (Å²) >= 11 is 8.16. The van der Waals surface area contributed by atoms with Crippen molar-refractivity contribution in [2.75, 3.05) is 51.6 Å². The van der Waals surface area contributed by atoms with Crippen molar-refractivity contribution >= 4 is 62.9 Å². The van der Waals surface area contributed by atoms with Crippen LogP contribution in [0, 0.1) is 6.92 Å². The number of carbonyl (C=O) groups is 4. The molecule has 14 nitrogen and oxygen atoms in total. The van der Waals surface area contributed by atoms with E-state index in [9.17, 15) is 44.3 Å². The first-order valence-corrected chi connectivity index (χ1v) is 18.6. The van der Waals surface area contributed by atoms with Crippen LogP contribution < -0.4 is 16.0 Å². The van der Waals surface area contributed by atoms with Gasteiger partial charge in [-0.1, -0.05) is 53.6 Å². The van der Waals surface area contributed by atoms with Crippen LogP contribution in [0.3, 0.4) is 0 Å². The molecule has 2 aromatic heterocycles. The van der Waals surface area contributed by atoms with Gasteiger partial charge < -0.3 is 41.1 Å². The molecule has 2 amide bonds. The molecule has 1 fully saturated rings. The number of amides is 2. The Kier molecular flexibility index (Phi) is 19.9. The molecule has 1 saturated heterocycles. The van der Waals surface area contributed by atoms with Crippen molar-refractivity contribution in [3.63, 3.8) is 0 Å². The molecule has 5 rings (SSSR count). The number of carboxylic acids is 3. The third-order valence-corrected chi connectivity index (χ3v) is 9.23. The first-order chi connectivity index (χ1) is 28.3. The molecule has 2 aromatic carbocycles. The molecular weight excluding hydrogens is 881 g/mol. The second kappa shape index (κ2) is 23.5. The summed E-state index contributed by atoms with van der Waals surface area (Å²) in [6.07, 6.45) is -12.5. The van der Waals surface area contributed by atoms with Crippen LogP contribution in [-0.2, 0) is 27.5 Å². The van der Waals surface area contributed by atoms with Crippen LogP contribution in [0.1, 0.15) is 23.1 Å². The normalized spacial score (nSPS) is 13.3. The SMILES string of the molecule is Cc1ccc(CNC(=O)NCc2ccc3cc(-c4nc(NCCCN5CCN(C)CC5)ncc4Cl)sc3c2)cc1.O=C(O)C(F)(F)F.O=C(O)C(F)(F)F.O=C(O)C(F)(F)F. The molecule has 4 aromatic rings. The summed E-state index contributed by atoms with van der Waals surface area (Å²) in [6.45, 7) is 9.39. The van der Waals surface area contributed by atoms with Gasteiger partial charge in [0, 0.05) is 50.5 Å². The van der Waals surface area contributed by atoms with Crippen molar-refractivity contribution in [2.24, 2.45) is 0 Å². The molecule has 3 heterocycles. The van der Waals surface area contributed by atoms with Crippen molar-refractivity contribution in [3.8, 4) is 10.6 Å². The largest absolute Gasteiger partial charge is 0.490 e. The maximum Gasteiger partial charge on any atom is 0.490 e. The molecule has 336 valence electrons. The maximum absolute atomic E-state index is 12.3. The average molecular weight is 920 g/mol. The van der Waals surface area contributed by atoms with Crippen LogP contribution in [0.15, 0.2) is 54.7 Å². The number of anilines is 1. The number of aliphatic carboxylic acids is 3. The van der Waals surface area contributed by atoms with Gasteiger partial charge in [-0.15, -0.1) is 11.3 Å². The number of thiophene rings is 1. The van der Waals surface area contributed by atoms with Crippen LogP contribution in [0.4, 0.5) is 50.3 Å². The lowest BCUT2D eigenvalue weighted by atomic mass is 10.1. The van der Waals surface area contributed by atoms with Crippen LogP contribution in [0.2, 0.25) is 5.02 Å². The Labute approximate surface area is 350 Å². The first kappa shape index (κ1) is 51.7. The van der Waals surface area contributed by atoms with Gasteiger partial charge in [-0.25, -0.2) is 29.1 Å². The Balaban J connectivity index is 0.000000502. The van der Waals surface area contributed by atoms with E-state index in [1.807, 2.05) is 37.3 Å². The number of hydrogen-bond acceptors (Lipinski definition) is 10. The molecule has 1 aliphatic rings. The fourth-order valence-corrected chi connectivity index (χ4v) is 6.01. The zero-order valence-corrected chi connectivity index (χ0v) is 33.6. The topological polar surface area (TPSA) is 197 Å². The van der Waals surface area contributed by atoms with Crippen molar-refractivity contribution < 1.29 is 74.0 Å². The average Bonchev–Trinajstić information content (AvgIpc) is 3.60. The molecule has 0 radical (unpaired) electrons. The highest BCUT2D eigenvalue weighted by molar-refractivity contribution is 7.22. The van der Waals surface area contributed by atoms with Crippen LogP contribution in [0.5, 0.6) is 0 Å². The highest BCUT2D eigenvalue weighted by Crippen LogP contribution is 2.36. The van der Waals surface area contributed by atoms with Crippen LogP contribution in [-0.4, -0.2) is 124 Å². The number of aromatic nitrogens is 2. The van der Waals surface area contributed by atoms with E-state index in [-0.39, 0.29) is 6.03 Å². The molecule has 61 heavy (non-hydrogen) atoms. The fraction of sp³-hybridized carbons (Fsp3) is 0.389. The van der Waals surface area contributed by atoms with Crippen molar-refractivity contribution in [1.82, 2.24) is 30.4 Å². The van der Waals surface area contributed by atoms with E-state index in [2.05, 4.69) is 56.0 Å². The maximum atomic E-state index is 12.3. The number of carbonyl (C=O) groups excluding carboxylic acids is 1. The van der Waals surface area contributed by atoms with E-state index in [4.69, 9.17) is 46.3 Å². The van der Waals surface area contributed by atoms with Gasteiger partial charge in [-0.2, -0.15) is 39.5 Å². The monoisotopic (exact) mass is 919 g/mol. The number of benzene rings is 2. The van der Waals surface area contributed by atoms with Crippen LogP contribution in [0.25, 0.3) is 20.7 Å². The fourth-order valence-electron chi connectivity index (χ4n) is 4.63. The number of nitrogens with zero attached hydrogens (tertiary/aromatic N) is 4. The summed E-state index contributed by atoms with van der Waals surface area (Å²) in [5.41, 5.74) is 4.03. The van der Waals surface area contributed by atoms with Crippen molar-refractivity contribution in [1.29, 1.82) is 0 Å². The van der Waals surface area contributed by atoms with Gasteiger partial charge in [0.2, 0.25) is 5.95 Å². The van der Waals surface area contributed by atoms with Crippen molar-refractivity contribution in [2.45, 2.75) is 45.0 Å². The third-order valence-electron chi connectivity index (χ3n) is 7.85. The van der Waals surface area contributed by atoms with E-state index < -0.39 is 36.4 Å². The van der Waals surface area contributed by atoms with Gasteiger partial charge in [0.1, 0.15) is 5.69 Å². The number of aryl methyl sites for hydroxylation is 1. The minimum Gasteiger partial charge on any atom is -0.475 e. The number of nitrogens with one attached hydrogen (secondary N) is 3. The van der Waals surface area contributed by atoms with Crippen molar-refractivity contribution in [3.05, 3.63) is 76.4 Å². The number of carboxylic acid groups (broad SMARTS) is 3. The van der Waals surface area contributed by atoms with Gasteiger partial charge in [-0.05, 0) is 55.6 Å². The van der Waals surface area contributed by atoms with E-state index >= 15 is 0 Å². The summed E-state index contributed by atoms with van der Waals surface area (Å²) < 4.78 is 96.3. The lowest BCUT2D eigenvalue weighted by Crippen LogP contribution is -2.44. The summed E-state index contributed by atoms with van der Waals surface area (Å²) in [5.74, 6) is -7.68. The zero-order chi connectivity index (χ0) is 46.1. The van der Waals surface area contributed by atoms with Gasteiger partial charge in [0.05, 0.1) is 16.1 Å². The molecule has 6 N–H and O–H groups in total. The predicted molar refractivity (Wildman–Crippen MR) is 206 cm³/mol. The molecule has 0 aliphatic carbocycles. The molecular formula is C36H39ClF9N7O7S. The Bertz CT molecular complexity index is 2010. The first-order valence-electron chi connectivity index (χ1n) is 17.4. The summed E-state index contributed by atoms with van der Waals surface area (Å²) in [6, 6.07) is 16.3. The molecule has 0 atom stereocenters. The van der Waals surface area contributed by atoms with Gasteiger partial charge in [0.15, 0.2) is 0 Å². The second-order valence-electron chi connectivity index (χ2n) is 12.7.